The summed E-state index contributed by atoms with van der Waals surface area (Å²) in [6, 6.07) is 4.75. The Morgan fingerprint density at radius 1 is 1.30 bits per heavy atom. The van der Waals surface area contributed by atoms with E-state index in [1.54, 1.807) is 32.2 Å². The number of carbonyl (C=O) groups is 2. The molecule has 0 aromatic carbocycles. The molecule has 0 saturated carbocycles. The Kier molecular flexibility index (Phi) is 5.49. The number of amides is 1. The molecule has 0 aliphatic rings. The molecule has 6 nitrogen and oxygen atoms in total. The number of carboxylic acid groups (broad SMARTS) is 1. The summed E-state index contributed by atoms with van der Waals surface area (Å²) in [5, 5.41) is 11.8. The average molecular weight is 280 g/mol. The van der Waals surface area contributed by atoms with Gasteiger partial charge < -0.3 is 15.0 Å². The zero-order chi connectivity index (χ0) is 15.2. The number of aromatic nitrogens is 1. The van der Waals surface area contributed by atoms with Gasteiger partial charge in [-0.1, -0.05) is 19.9 Å². The molecule has 20 heavy (non-hydrogen) atoms. The third-order valence-corrected chi connectivity index (χ3v) is 3.47. The lowest BCUT2D eigenvalue weighted by molar-refractivity contribution is -0.148. The molecule has 0 aliphatic carbocycles. The number of nitrogens with zero attached hydrogens (tertiary/aromatic N) is 1. The summed E-state index contributed by atoms with van der Waals surface area (Å²) in [6.45, 7) is 3.67. The van der Waals surface area contributed by atoms with Crippen molar-refractivity contribution in [3.63, 3.8) is 0 Å². The van der Waals surface area contributed by atoms with Crippen molar-refractivity contribution in [1.82, 2.24) is 9.88 Å². The first-order chi connectivity index (χ1) is 9.45. The van der Waals surface area contributed by atoms with Gasteiger partial charge in [-0.25, -0.2) is 4.79 Å². The predicted molar refractivity (Wildman–Crippen MR) is 74.4 cm³/mol. The summed E-state index contributed by atoms with van der Waals surface area (Å²) in [5.41, 5.74) is -1.41. The molecule has 0 bridgehead atoms. The van der Waals surface area contributed by atoms with Crippen molar-refractivity contribution < 1.29 is 14.7 Å². The SMILES string of the molecule is CCC(CC)(NC(=O)CCn1ccccc1=O)C(=O)O. The number of rotatable bonds is 7. The molecule has 1 heterocycles. The van der Waals surface area contributed by atoms with Gasteiger partial charge in [0.15, 0.2) is 0 Å². The van der Waals surface area contributed by atoms with Gasteiger partial charge in [0.25, 0.3) is 5.56 Å². The maximum Gasteiger partial charge on any atom is 0.329 e. The maximum absolute atomic E-state index is 11.9. The minimum Gasteiger partial charge on any atom is -0.480 e. The molecule has 1 aromatic rings. The highest BCUT2D eigenvalue weighted by atomic mass is 16.4. The number of carboxylic acids is 1. The summed E-state index contributed by atoms with van der Waals surface area (Å²) in [6.07, 6.45) is 2.30. The van der Waals surface area contributed by atoms with Crippen LogP contribution in [0.15, 0.2) is 29.2 Å². The summed E-state index contributed by atoms with van der Waals surface area (Å²) in [4.78, 5) is 34.6. The molecule has 0 radical (unpaired) electrons. The van der Waals surface area contributed by atoms with Crippen LogP contribution in [0.3, 0.4) is 0 Å². The predicted octanol–water partition coefficient (Wildman–Crippen LogP) is 0.998. The van der Waals surface area contributed by atoms with Crippen LogP contribution in [0.25, 0.3) is 0 Å². The normalized spacial score (nSPS) is 11.1. The summed E-state index contributed by atoms with van der Waals surface area (Å²) >= 11 is 0. The topological polar surface area (TPSA) is 88.4 Å². The lowest BCUT2D eigenvalue weighted by atomic mass is 9.93. The van der Waals surface area contributed by atoms with E-state index in [0.717, 1.165) is 0 Å². The molecule has 0 unspecified atom stereocenters. The molecule has 0 aliphatic heterocycles. The van der Waals surface area contributed by atoms with Crippen LogP contribution in [0.5, 0.6) is 0 Å². The third kappa shape index (κ3) is 3.69. The molecular weight excluding hydrogens is 260 g/mol. The van der Waals surface area contributed by atoms with Crippen LogP contribution in [0.4, 0.5) is 0 Å². The highest BCUT2D eigenvalue weighted by Crippen LogP contribution is 2.15. The van der Waals surface area contributed by atoms with Crippen molar-refractivity contribution in [2.45, 2.75) is 45.2 Å². The Bertz CT molecular complexity index is 532. The molecule has 2 N–H and O–H groups in total. The first kappa shape index (κ1) is 15.9. The van der Waals surface area contributed by atoms with Crippen molar-refractivity contribution in [3.05, 3.63) is 34.7 Å². The Balaban J connectivity index is 2.66. The Morgan fingerprint density at radius 2 is 1.95 bits per heavy atom. The van der Waals surface area contributed by atoms with E-state index in [2.05, 4.69) is 5.32 Å². The number of hydrogen-bond acceptors (Lipinski definition) is 3. The van der Waals surface area contributed by atoms with Crippen molar-refractivity contribution in [2.75, 3.05) is 0 Å². The highest BCUT2D eigenvalue weighted by molar-refractivity contribution is 5.86. The van der Waals surface area contributed by atoms with E-state index in [4.69, 9.17) is 0 Å². The molecule has 1 amide bonds. The van der Waals surface area contributed by atoms with Crippen LogP contribution in [-0.4, -0.2) is 27.1 Å². The lowest BCUT2D eigenvalue weighted by Gasteiger charge is -2.28. The van der Waals surface area contributed by atoms with Crippen molar-refractivity contribution in [3.8, 4) is 0 Å². The van der Waals surface area contributed by atoms with Crippen molar-refractivity contribution in [1.29, 1.82) is 0 Å². The largest absolute Gasteiger partial charge is 0.480 e. The lowest BCUT2D eigenvalue weighted by Crippen LogP contribution is -2.53. The molecule has 110 valence electrons. The number of pyridine rings is 1. The fraction of sp³-hybridized carbons (Fsp3) is 0.500. The van der Waals surface area contributed by atoms with Gasteiger partial charge in [0, 0.05) is 25.2 Å². The highest BCUT2D eigenvalue weighted by Gasteiger charge is 2.36. The van der Waals surface area contributed by atoms with Crippen LogP contribution < -0.4 is 10.9 Å². The van der Waals surface area contributed by atoms with Gasteiger partial charge >= 0.3 is 5.97 Å². The summed E-state index contributed by atoms with van der Waals surface area (Å²) in [7, 11) is 0. The number of nitrogens with one attached hydrogen (secondary N) is 1. The molecule has 1 rings (SSSR count). The van der Waals surface area contributed by atoms with Gasteiger partial charge in [0.1, 0.15) is 5.54 Å². The van der Waals surface area contributed by atoms with Gasteiger partial charge in [-0.15, -0.1) is 0 Å². The second-order valence-electron chi connectivity index (χ2n) is 4.62. The number of carbonyl (C=O) groups excluding carboxylic acids is 1. The van der Waals surface area contributed by atoms with E-state index in [9.17, 15) is 19.5 Å². The van der Waals surface area contributed by atoms with Crippen LogP contribution in [-0.2, 0) is 16.1 Å². The van der Waals surface area contributed by atoms with E-state index >= 15 is 0 Å². The van der Waals surface area contributed by atoms with Crippen LogP contribution in [0.1, 0.15) is 33.1 Å². The maximum atomic E-state index is 11.9. The van der Waals surface area contributed by atoms with E-state index in [-0.39, 0.29) is 24.4 Å². The van der Waals surface area contributed by atoms with Crippen LogP contribution in [0.2, 0.25) is 0 Å². The van der Waals surface area contributed by atoms with Crippen molar-refractivity contribution in [2.24, 2.45) is 0 Å². The fourth-order valence-electron chi connectivity index (χ4n) is 1.98. The zero-order valence-corrected chi connectivity index (χ0v) is 11.8. The number of aryl methyl sites for hydroxylation is 1. The quantitative estimate of drug-likeness (QED) is 0.779. The van der Waals surface area contributed by atoms with Gasteiger partial charge in [-0.3, -0.25) is 9.59 Å². The Morgan fingerprint density at radius 3 is 2.45 bits per heavy atom. The molecule has 0 fully saturated rings. The minimum atomic E-state index is -1.22. The van der Waals surface area contributed by atoms with Gasteiger partial charge in [0.05, 0.1) is 0 Å². The molecule has 6 heteroatoms. The first-order valence-electron chi connectivity index (χ1n) is 6.65. The van der Waals surface area contributed by atoms with E-state index in [1.807, 2.05) is 0 Å². The van der Waals surface area contributed by atoms with Crippen molar-refractivity contribution >= 4 is 11.9 Å². The zero-order valence-electron chi connectivity index (χ0n) is 11.8. The monoisotopic (exact) mass is 280 g/mol. The summed E-state index contributed by atoms with van der Waals surface area (Å²) < 4.78 is 1.42. The number of hydrogen-bond donors (Lipinski definition) is 2. The second-order valence-corrected chi connectivity index (χ2v) is 4.62. The number of aliphatic carboxylic acids is 1. The average Bonchev–Trinajstić information content (AvgIpc) is 2.43. The molecule has 1 aromatic heterocycles. The molecule has 0 saturated heterocycles. The standard InChI is InChI=1S/C14H20N2O4/c1-3-14(4-2,13(19)20)15-11(17)8-10-16-9-6-5-7-12(16)18/h5-7,9H,3-4,8,10H2,1-2H3,(H,15,17)(H,19,20). The molecule has 0 spiro atoms. The third-order valence-electron chi connectivity index (χ3n) is 3.47. The second kappa shape index (κ2) is 6.88. The Labute approximate surface area is 117 Å². The molecular formula is C14H20N2O4. The fourth-order valence-corrected chi connectivity index (χ4v) is 1.98. The van der Waals surface area contributed by atoms with Gasteiger partial charge in [-0.2, -0.15) is 0 Å². The van der Waals surface area contributed by atoms with Crippen LogP contribution >= 0.6 is 0 Å². The van der Waals surface area contributed by atoms with Gasteiger partial charge in [-0.05, 0) is 18.9 Å². The first-order valence-corrected chi connectivity index (χ1v) is 6.65. The van der Waals surface area contributed by atoms with E-state index in [0.29, 0.717) is 12.8 Å². The van der Waals surface area contributed by atoms with Gasteiger partial charge in [0.2, 0.25) is 5.91 Å². The summed E-state index contributed by atoms with van der Waals surface area (Å²) in [5.74, 6) is -1.40. The van der Waals surface area contributed by atoms with E-state index in [1.165, 1.54) is 10.6 Å². The molecule has 0 atom stereocenters. The van der Waals surface area contributed by atoms with Crippen LogP contribution in [0, 0.1) is 0 Å². The Hall–Kier alpha value is -2.11. The smallest absolute Gasteiger partial charge is 0.329 e. The van der Waals surface area contributed by atoms with E-state index < -0.39 is 11.5 Å². The minimum absolute atomic E-state index is 0.0684.